The molecule has 0 aromatic rings. The maximum Gasteiger partial charge on any atom is 0.306 e. The van der Waals surface area contributed by atoms with Gasteiger partial charge in [-0.25, -0.2) is 0 Å². The van der Waals surface area contributed by atoms with Gasteiger partial charge in [0.2, 0.25) is 5.91 Å². The van der Waals surface area contributed by atoms with E-state index in [1.54, 1.807) is 0 Å². The first kappa shape index (κ1) is 60.6. The Morgan fingerprint density at radius 2 is 0.774 bits per heavy atom. The number of amides is 1. The molecule has 3 atom stereocenters. The van der Waals surface area contributed by atoms with E-state index in [1.807, 2.05) is 0 Å². The number of carbonyl (C=O) groups excluding carboxylic acids is 2. The molecule has 0 aromatic carbocycles. The summed E-state index contributed by atoms with van der Waals surface area (Å²) in [5, 5.41) is 23.8. The second kappa shape index (κ2) is 50.6. The fourth-order valence-corrected chi connectivity index (χ4v) is 8.84. The minimum atomic E-state index is -0.782. The number of nitrogens with one attached hydrogen (secondary N) is 1. The molecule has 0 fully saturated rings. The predicted molar refractivity (Wildman–Crippen MR) is 269 cm³/mol. The van der Waals surface area contributed by atoms with Crippen molar-refractivity contribution in [2.24, 2.45) is 0 Å². The fraction of sp³-hybridized carbons (Fsp3) is 0.929. The van der Waals surface area contributed by atoms with Crippen molar-refractivity contribution in [1.29, 1.82) is 0 Å². The van der Waals surface area contributed by atoms with Gasteiger partial charge in [0.15, 0.2) is 0 Å². The number of rotatable bonds is 51. The van der Waals surface area contributed by atoms with Crippen LogP contribution < -0.4 is 5.32 Å². The van der Waals surface area contributed by atoms with E-state index in [0.29, 0.717) is 19.3 Å². The third-order valence-corrected chi connectivity index (χ3v) is 13.1. The van der Waals surface area contributed by atoms with Gasteiger partial charge < -0.3 is 20.3 Å². The largest absolute Gasteiger partial charge is 0.462 e. The quantitative estimate of drug-likeness (QED) is 0.0321. The monoisotopic (exact) mass is 876 g/mol. The van der Waals surface area contributed by atoms with E-state index in [0.717, 1.165) is 44.9 Å². The molecule has 0 saturated heterocycles. The lowest BCUT2D eigenvalue weighted by Crippen LogP contribution is -2.46. The molecular weight excluding hydrogens is 767 g/mol. The summed E-state index contributed by atoms with van der Waals surface area (Å²) in [6.45, 7) is 6.50. The van der Waals surface area contributed by atoms with Gasteiger partial charge in [0, 0.05) is 6.42 Å². The van der Waals surface area contributed by atoms with Gasteiger partial charge in [0.25, 0.3) is 0 Å². The zero-order chi connectivity index (χ0) is 45.2. The molecule has 0 heterocycles. The summed E-state index contributed by atoms with van der Waals surface area (Å²) in [5.74, 6) is -0.458. The van der Waals surface area contributed by atoms with E-state index in [2.05, 4.69) is 38.2 Å². The number of allylic oxidation sites excluding steroid dienone is 2. The summed E-state index contributed by atoms with van der Waals surface area (Å²) < 4.78 is 5.96. The van der Waals surface area contributed by atoms with Crippen LogP contribution in [-0.4, -0.2) is 46.9 Å². The molecule has 0 radical (unpaired) electrons. The number of unbranched alkanes of at least 4 members (excludes halogenated alkanes) is 37. The van der Waals surface area contributed by atoms with Gasteiger partial charge in [-0.05, 0) is 51.4 Å². The molecule has 368 valence electrons. The Hall–Kier alpha value is -1.40. The maximum absolute atomic E-state index is 13.2. The van der Waals surface area contributed by atoms with Crippen molar-refractivity contribution in [3.8, 4) is 0 Å². The second-order valence-electron chi connectivity index (χ2n) is 19.3. The van der Waals surface area contributed by atoms with Crippen LogP contribution in [0.4, 0.5) is 0 Å². The molecule has 6 nitrogen and oxygen atoms in total. The van der Waals surface area contributed by atoms with Gasteiger partial charge in [0.1, 0.15) is 6.10 Å². The Kier molecular flexibility index (Phi) is 49.5. The second-order valence-corrected chi connectivity index (χ2v) is 19.3. The van der Waals surface area contributed by atoms with Crippen molar-refractivity contribution in [3.05, 3.63) is 12.2 Å². The van der Waals surface area contributed by atoms with E-state index >= 15 is 0 Å². The van der Waals surface area contributed by atoms with Crippen molar-refractivity contribution in [3.63, 3.8) is 0 Å². The molecular formula is C56H109NO5. The molecule has 0 rings (SSSR count). The predicted octanol–water partition coefficient (Wildman–Crippen LogP) is 16.9. The van der Waals surface area contributed by atoms with Crippen LogP contribution in [0, 0.1) is 0 Å². The molecule has 0 aromatic heterocycles. The number of hydrogen-bond donors (Lipinski definition) is 3. The van der Waals surface area contributed by atoms with Crippen LogP contribution in [0.3, 0.4) is 0 Å². The smallest absolute Gasteiger partial charge is 0.306 e. The Morgan fingerprint density at radius 3 is 1.15 bits per heavy atom. The van der Waals surface area contributed by atoms with Gasteiger partial charge in [0.05, 0.1) is 25.2 Å². The molecule has 3 unspecified atom stereocenters. The molecule has 0 aliphatic rings. The lowest BCUT2D eigenvalue weighted by molar-refractivity contribution is -0.151. The number of hydrogen-bond acceptors (Lipinski definition) is 5. The Labute approximate surface area is 387 Å². The molecule has 0 saturated carbocycles. The van der Waals surface area contributed by atoms with Crippen molar-refractivity contribution in [1.82, 2.24) is 5.32 Å². The Morgan fingerprint density at radius 1 is 0.452 bits per heavy atom. The molecule has 3 N–H and O–H groups in total. The first-order valence-corrected chi connectivity index (χ1v) is 27.9. The highest BCUT2D eigenvalue weighted by molar-refractivity contribution is 5.77. The van der Waals surface area contributed by atoms with Crippen molar-refractivity contribution < 1.29 is 24.5 Å². The van der Waals surface area contributed by atoms with Crippen molar-refractivity contribution >= 4 is 11.9 Å². The van der Waals surface area contributed by atoms with Crippen LogP contribution in [0.15, 0.2) is 12.2 Å². The number of ether oxygens (including phenoxy) is 1. The van der Waals surface area contributed by atoms with Gasteiger partial charge in [-0.15, -0.1) is 0 Å². The molecule has 6 heteroatoms. The van der Waals surface area contributed by atoms with Crippen molar-refractivity contribution in [2.75, 3.05) is 6.61 Å². The lowest BCUT2D eigenvalue weighted by Gasteiger charge is -2.24. The fourth-order valence-electron chi connectivity index (χ4n) is 8.84. The van der Waals surface area contributed by atoms with Gasteiger partial charge >= 0.3 is 5.97 Å². The molecule has 1 amide bonds. The third kappa shape index (κ3) is 45.2. The van der Waals surface area contributed by atoms with Crippen LogP contribution in [0.1, 0.15) is 310 Å². The van der Waals surface area contributed by atoms with Crippen LogP contribution in [0.25, 0.3) is 0 Å². The average Bonchev–Trinajstić information content (AvgIpc) is 3.26. The highest BCUT2D eigenvalue weighted by Gasteiger charge is 2.24. The lowest BCUT2D eigenvalue weighted by atomic mass is 10.0. The van der Waals surface area contributed by atoms with E-state index in [1.165, 1.54) is 218 Å². The number of carbonyl (C=O) groups is 2. The van der Waals surface area contributed by atoms with Crippen LogP contribution in [0.5, 0.6) is 0 Å². The van der Waals surface area contributed by atoms with E-state index in [9.17, 15) is 19.8 Å². The summed E-state index contributed by atoms with van der Waals surface area (Å²) in [4.78, 5) is 26.2. The molecule has 0 spiro atoms. The molecule has 0 bridgehead atoms. The van der Waals surface area contributed by atoms with Gasteiger partial charge in [-0.2, -0.15) is 0 Å². The van der Waals surface area contributed by atoms with Crippen LogP contribution >= 0.6 is 0 Å². The average molecular weight is 876 g/mol. The van der Waals surface area contributed by atoms with Gasteiger partial charge in [-0.3, -0.25) is 9.59 Å². The molecule has 0 aliphatic carbocycles. The summed E-state index contributed by atoms with van der Waals surface area (Å²) in [6.07, 6.45) is 57.0. The number of aliphatic hydroxyl groups is 2. The Bertz CT molecular complexity index is 939. The third-order valence-electron chi connectivity index (χ3n) is 13.1. The highest BCUT2D eigenvalue weighted by Crippen LogP contribution is 2.19. The zero-order valence-corrected chi connectivity index (χ0v) is 42.0. The first-order chi connectivity index (χ1) is 30.5. The van der Waals surface area contributed by atoms with E-state index < -0.39 is 18.2 Å². The zero-order valence-electron chi connectivity index (χ0n) is 42.0. The summed E-state index contributed by atoms with van der Waals surface area (Å²) in [6, 6.07) is -0.695. The standard InChI is InChI=1S/C56H109NO5/c1-4-7-10-13-16-19-22-24-26-28-30-32-34-37-40-43-46-49-56(61)62-52(47-44-41-38-35-33-31-29-27-25-23-20-17-14-11-8-5-2)50-55(60)57-53(51-58)54(59)48-45-42-39-36-21-18-15-12-9-6-3/h24,26,52-54,58-59H,4-23,25,27-51H2,1-3H3,(H,57,60)/b26-24+. The highest BCUT2D eigenvalue weighted by atomic mass is 16.5. The van der Waals surface area contributed by atoms with Crippen LogP contribution in [0.2, 0.25) is 0 Å². The first-order valence-electron chi connectivity index (χ1n) is 27.9. The van der Waals surface area contributed by atoms with Crippen molar-refractivity contribution in [2.45, 2.75) is 328 Å². The summed E-state index contributed by atoms with van der Waals surface area (Å²) in [7, 11) is 0. The number of esters is 1. The minimum Gasteiger partial charge on any atom is -0.462 e. The van der Waals surface area contributed by atoms with E-state index in [4.69, 9.17) is 4.74 Å². The van der Waals surface area contributed by atoms with Crippen LogP contribution in [-0.2, 0) is 14.3 Å². The topological polar surface area (TPSA) is 95.9 Å². The Balaban J connectivity index is 4.51. The normalized spacial score (nSPS) is 13.2. The molecule has 62 heavy (non-hydrogen) atoms. The summed E-state index contributed by atoms with van der Waals surface area (Å²) in [5.41, 5.74) is 0. The molecule has 0 aliphatic heterocycles. The number of aliphatic hydroxyl groups excluding tert-OH is 2. The van der Waals surface area contributed by atoms with E-state index in [-0.39, 0.29) is 24.9 Å². The maximum atomic E-state index is 13.2. The SMILES string of the molecule is CCCCCCCC/C=C/CCCCCCCCCC(=O)OC(CCCCCCCCCCCCCCCCCC)CC(=O)NC(CO)C(O)CCCCCCCCCCCC. The van der Waals surface area contributed by atoms with Gasteiger partial charge in [-0.1, -0.05) is 258 Å². The summed E-state index contributed by atoms with van der Waals surface area (Å²) >= 11 is 0. The minimum absolute atomic E-state index is 0.0835.